The summed E-state index contributed by atoms with van der Waals surface area (Å²) >= 11 is 0. The van der Waals surface area contributed by atoms with Crippen LogP contribution >= 0.6 is 0 Å². The van der Waals surface area contributed by atoms with E-state index in [4.69, 9.17) is 14.2 Å². The van der Waals surface area contributed by atoms with Gasteiger partial charge in [-0.25, -0.2) is 0 Å². The zero-order valence-corrected chi connectivity index (χ0v) is 52.0. The molecule has 0 bridgehead atoms. The van der Waals surface area contributed by atoms with Gasteiger partial charge < -0.3 is 14.2 Å². The van der Waals surface area contributed by atoms with Crippen LogP contribution in [-0.4, -0.2) is 37.2 Å². The molecule has 0 aromatic heterocycles. The van der Waals surface area contributed by atoms with Crippen LogP contribution in [0.5, 0.6) is 0 Å². The summed E-state index contributed by atoms with van der Waals surface area (Å²) in [5.74, 6) is -0.911. The van der Waals surface area contributed by atoms with Crippen LogP contribution in [0, 0.1) is 0 Å². The topological polar surface area (TPSA) is 78.9 Å². The first kappa shape index (κ1) is 75.5. The predicted molar refractivity (Wildman–Crippen MR) is 348 cm³/mol. The zero-order chi connectivity index (χ0) is 57.8. The Morgan fingerprint density at radius 1 is 0.263 bits per heavy atom. The van der Waals surface area contributed by atoms with E-state index in [1.165, 1.54) is 109 Å². The highest BCUT2D eigenvalue weighted by atomic mass is 16.6. The molecule has 0 aromatic rings. The Labute approximate surface area is 494 Å². The van der Waals surface area contributed by atoms with Crippen molar-refractivity contribution in [3.63, 3.8) is 0 Å². The first-order chi connectivity index (χ1) is 39.5. The minimum atomic E-state index is -0.795. The second-order valence-corrected chi connectivity index (χ2v) is 21.6. The maximum atomic E-state index is 12.9. The molecule has 6 nitrogen and oxygen atoms in total. The Kier molecular flexibility index (Phi) is 63.3. The first-order valence-electron chi connectivity index (χ1n) is 33.2. The monoisotopic (exact) mass is 1110 g/mol. The Bertz CT molecular complexity index is 1700. The van der Waals surface area contributed by atoms with Crippen molar-refractivity contribution in [2.75, 3.05) is 13.2 Å². The molecule has 0 N–H and O–H groups in total. The Morgan fingerprint density at radius 3 is 0.762 bits per heavy atom. The summed E-state index contributed by atoms with van der Waals surface area (Å²) in [6, 6.07) is 0. The van der Waals surface area contributed by atoms with Crippen molar-refractivity contribution in [1.29, 1.82) is 0 Å². The molecule has 0 heterocycles. The highest BCUT2D eigenvalue weighted by Gasteiger charge is 2.19. The molecular formula is C74H122O6. The van der Waals surface area contributed by atoms with Crippen LogP contribution in [0.3, 0.4) is 0 Å². The first-order valence-corrected chi connectivity index (χ1v) is 33.2. The smallest absolute Gasteiger partial charge is 0.306 e. The van der Waals surface area contributed by atoms with Crippen LogP contribution in [0.15, 0.2) is 134 Å². The van der Waals surface area contributed by atoms with E-state index in [0.29, 0.717) is 19.3 Å². The van der Waals surface area contributed by atoms with Crippen molar-refractivity contribution >= 4 is 17.9 Å². The van der Waals surface area contributed by atoms with Crippen LogP contribution < -0.4 is 0 Å². The molecule has 6 heteroatoms. The van der Waals surface area contributed by atoms with Crippen molar-refractivity contribution in [3.05, 3.63) is 134 Å². The zero-order valence-electron chi connectivity index (χ0n) is 52.0. The molecule has 0 radical (unpaired) electrons. The lowest BCUT2D eigenvalue weighted by Crippen LogP contribution is -2.30. The molecule has 0 fully saturated rings. The third-order valence-corrected chi connectivity index (χ3v) is 13.9. The molecule has 0 saturated carbocycles. The van der Waals surface area contributed by atoms with Crippen LogP contribution in [0.1, 0.15) is 297 Å². The van der Waals surface area contributed by atoms with Gasteiger partial charge in [-0.15, -0.1) is 0 Å². The fourth-order valence-electron chi connectivity index (χ4n) is 8.95. The van der Waals surface area contributed by atoms with E-state index in [1.807, 2.05) is 0 Å². The molecule has 0 aliphatic rings. The molecule has 0 rings (SSSR count). The van der Waals surface area contributed by atoms with E-state index in [9.17, 15) is 14.4 Å². The van der Waals surface area contributed by atoms with Crippen molar-refractivity contribution in [3.8, 4) is 0 Å². The lowest BCUT2D eigenvalue weighted by Gasteiger charge is -2.18. The molecule has 0 spiro atoms. The van der Waals surface area contributed by atoms with Gasteiger partial charge in [-0.3, -0.25) is 14.4 Å². The summed E-state index contributed by atoms with van der Waals surface area (Å²) in [6.07, 6.45) is 94.6. The third kappa shape index (κ3) is 64.4. The molecule has 0 aromatic carbocycles. The highest BCUT2D eigenvalue weighted by Crippen LogP contribution is 2.16. The van der Waals surface area contributed by atoms with E-state index in [0.717, 1.165) is 148 Å². The van der Waals surface area contributed by atoms with Gasteiger partial charge in [0.05, 0.1) is 0 Å². The molecule has 1 atom stereocenters. The second kappa shape index (κ2) is 67.1. The molecule has 454 valence electrons. The van der Waals surface area contributed by atoms with Crippen LogP contribution in [0.25, 0.3) is 0 Å². The average Bonchev–Trinajstić information content (AvgIpc) is 3.46. The quantitative estimate of drug-likeness (QED) is 0.0261. The number of unbranched alkanes of at least 4 members (excludes halogenated alkanes) is 26. The lowest BCUT2D eigenvalue weighted by molar-refractivity contribution is -0.167. The number of allylic oxidation sites excluding steroid dienone is 22. The van der Waals surface area contributed by atoms with E-state index in [2.05, 4.69) is 154 Å². The van der Waals surface area contributed by atoms with Gasteiger partial charge in [-0.05, 0) is 128 Å². The van der Waals surface area contributed by atoms with E-state index < -0.39 is 6.10 Å². The number of hydrogen-bond acceptors (Lipinski definition) is 6. The average molecular weight is 1110 g/mol. The van der Waals surface area contributed by atoms with Crippen LogP contribution in [0.4, 0.5) is 0 Å². The van der Waals surface area contributed by atoms with Gasteiger partial charge in [-0.1, -0.05) is 283 Å². The Balaban J connectivity index is 4.29. The number of carbonyl (C=O) groups is 3. The molecule has 0 aliphatic heterocycles. The molecule has 0 aliphatic carbocycles. The third-order valence-electron chi connectivity index (χ3n) is 13.9. The summed E-state index contributed by atoms with van der Waals surface area (Å²) < 4.78 is 16.9. The van der Waals surface area contributed by atoms with E-state index in [1.54, 1.807) is 0 Å². The number of carbonyl (C=O) groups excluding carboxylic acids is 3. The fraction of sp³-hybridized carbons (Fsp3) is 0.662. The number of esters is 3. The predicted octanol–water partition coefficient (Wildman–Crippen LogP) is 22.9. The molecular weight excluding hydrogens is 985 g/mol. The number of rotatable bonds is 59. The van der Waals surface area contributed by atoms with Gasteiger partial charge in [-0.2, -0.15) is 0 Å². The van der Waals surface area contributed by atoms with Gasteiger partial charge in [0.1, 0.15) is 13.2 Å². The summed E-state index contributed by atoms with van der Waals surface area (Å²) in [5, 5.41) is 0. The van der Waals surface area contributed by atoms with Crippen molar-refractivity contribution < 1.29 is 28.6 Å². The standard InChI is InChI=1S/C74H122O6/c1-4-7-10-13-16-19-22-25-28-30-31-32-33-34-35-36-37-38-39-40-41-42-43-45-46-49-52-55-58-61-64-67-73(76)79-70-71(69-78-72(75)66-63-60-57-54-51-48-27-24-21-18-15-12-9-6-3)80-74(77)68-65-62-59-56-53-50-47-44-29-26-23-20-17-14-11-8-5-2/h7-8,10-11,15-20,24-29,31-32,34-35,37-38,71H,4-6,9,12-14,21-23,30,33,36,39-70H2,1-3H3/b10-7-,11-8-,18-15-,19-16-,20-17-,27-24-,28-25-,29-26-,32-31-,35-34-,38-37-. The number of ether oxygens (including phenoxy) is 3. The molecule has 0 saturated heterocycles. The molecule has 0 amide bonds. The summed E-state index contributed by atoms with van der Waals surface area (Å²) in [5.41, 5.74) is 0. The minimum Gasteiger partial charge on any atom is -0.462 e. The SMILES string of the molecule is CC/C=C\C/C=C\C/C=C\C/C=C\C/C=C\C/C=C\CCCCCCCCCCCCCCC(=O)OCC(COC(=O)CCCCCCC/C=C\C/C=C\CCCC)OC(=O)CCCCCCCCC/C=C\C/C=C\C/C=C\CC. The molecule has 80 heavy (non-hydrogen) atoms. The second-order valence-electron chi connectivity index (χ2n) is 21.6. The summed E-state index contributed by atoms with van der Waals surface area (Å²) in [7, 11) is 0. The fourth-order valence-corrected chi connectivity index (χ4v) is 8.95. The lowest BCUT2D eigenvalue weighted by atomic mass is 10.0. The van der Waals surface area contributed by atoms with Crippen LogP contribution in [-0.2, 0) is 28.6 Å². The minimum absolute atomic E-state index is 0.0898. The number of hydrogen-bond donors (Lipinski definition) is 0. The Hall–Kier alpha value is -4.45. The molecule has 1 unspecified atom stereocenters. The largest absolute Gasteiger partial charge is 0.462 e. The van der Waals surface area contributed by atoms with Gasteiger partial charge in [0.25, 0.3) is 0 Å². The van der Waals surface area contributed by atoms with Gasteiger partial charge >= 0.3 is 17.9 Å². The van der Waals surface area contributed by atoms with Crippen molar-refractivity contribution in [2.24, 2.45) is 0 Å². The van der Waals surface area contributed by atoms with Crippen LogP contribution in [0.2, 0.25) is 0 Å². The summed E-state index contributed by atoms with van der Waals surface area (Å²) in [4.78, 5) is 38.3. The van der Waals surface area contributed by atoms with Crippen molar-refractivity contribution in [2.45, 2.75) is 303 Å². The van der Waals surface area contributed by atoms with Gasteiger partial charge in [0.15, 0.2) is 6.10 Å². The van der Waals surface area contributed by atoms with Crippen molar-refractivity contribution in [1.82, 2.24) is 0 Å². The maximum Gasteiger partial charge on any atom is 0.306 e. The normalized spacial score (nSPS) is 13.0. The van der Waals surface area contributed by atoms with E-state index in [-0.39, 0.29) is 31.1 Å². The van der Waals surface area contributed by atoms with E-state index >= 15 is 0 Å². The van der Waals surface area contributed by atoms with Gasteiger partial charge in [0, 0.05) is 19.3 Å². The Morgan fingerprint density at radius 2 is 0.487 bits per heavy atom. The highest BCUT2D eigenvalue weighted by molar-refractivity contribution is 5.71. The summed E-state index contributed by atoms with van der Waals surface area (Å²) in [6.45, 7) is 6.37. The maximum absolute atomic E-state index is 12.9. The van der Waals surface area contributed by atoms with Gasteiger partial charge in [0.2, 0.25) is 0 Å².